The lowest BCUT2D eigenvalue weighted by Gasteiger charge is -2.13. The molecule has 70 valence electrons. The van der Waals surface area contributed by atoms with Gasteiger partial charge in [0.05, 0.1) is 0 Å². The van der Waals surface area contributed by atoms with Crippen molar-refractivity contribution in [3.63, 3.8) is 0 Å². The van der Waals surface area contributed by atoms with Crippen molar-refractivity contribution in [2.45, 2.75) is 26.7 Å². The number of carbonyl (C=O) groups excluding carboxylic acids is 1. The van der Waals surface area contributed by atoms with Gasteiger partial charge < -0.3 is 0 Å². The first kappa shape index (κ1) is 9.97. The molecule has 0 N–H and O–H groups in total. The first-order chi connectivity index (χ1) is 6.06. The van der Waals surface area contributed by atoms with Crippen molar-refractivity contribution in [1.82, 2.24) is 0 Å². The van der Waals surface area contributed by atoms with Crippen molar-refractivity contribution in [2.24, 2.45) is 5.41 Å². The second-order valence-corrected chi connectivity index (χ2v) is 4.07. The molecule has 0 spiro atoms. The number of carbonyl (C=O) groups is 1. The van der Waals surface area contributed by atoms with Crippen molar-refractivity contribution < 1.29 is 4.79 Å². The minimum Gasteiger partial charge on any atom is -0.294 e. The average Bonchev–Trinajstić information content (AvgIpc) is 2.27. The van der Waals surface area contributed by atoms with Gasteiger partial charge in [0, 0.05) is 5.41 Å². The van der Waals surface area contributed by atoms with Gasteiger partial charge in [0.25, 0.3) is 0 Å². The monoisotopic (exact) mass is 176 g/mol. The van der Waals surface area contributed by atoms with Gasteiger partial charge in [0.1, 0.15) is 0 Å². The molecule has 0 atom stereocenters. The molecule has 0 radical (unpaired) electrons. The summed E-state index contributed by atoms with van der Waals surface area (Å²) in [4.78, 5) is 11.4. The Kier molecular flexibility index (Phi) is 2.86. The molecule has 1 nitrogen and oxygen atoms in total. The summed E-state index contributed by atoms with van der Waals surface area (Å²) in [6.45, 7) is 7.60. The third-order valence-electron chi connectivity index (χ3n) is 2.26. The molecule has 1 aliphatic carbocycles. The van der Waals surface area contributed by atoms with Gasteiger partial charge >= 0.3 is 0 Å². The molecule has 0 aromatic heterocycles. The van der Waals surface area contributed by atoms with Gasteiger partial charge in [-0.1, -0.05) is 32.1 Å². The Morgan fingerprint density at radius 1 is 1.62 bits per heavy atom. The minimum atomic E-state index is -0.187. The molecule has 0 bridgehead atoms. The fraction of sp³-hybridized carbons (Fsp3) is 0.417. The predicted octanol–water partition coefficient (Wildman–Crippen LogP) is 3.04. The zero-order valence-electron chi connectivity index (χ0n) is 8.34. The number of allylic oxidation sites excluding steroid dienone is 5. The van der Waals surface area contributed by atoms with Crippen LogP contribution < -0.4 is 0 Å². The van der Waals surface area contributed by atoms with Crippen molar-refractivity contribution in [3.8, 4) is 0 Å². The van der Waals surface area contributed by atoms with E-state index in [0.29, 0.717) is 0 Å². The Balaban J connectivity index is 2.61. The molecule has 0 aromatic rings. The van der Waals surface area contributed by atoms with Crippen LogP contribution in [0.4, 0.5) is 0 Å². The van der Waals surface area contributed by atoms with E-state index in [1.54, 1.807) is 6.08 Å². The maximum Gasteiger partial charge on any atom is 0.161 e. The summed E-state index contributed by atoms with van der Waals surface area (Å²) in [6, 6.07) is 0. The molecule has 1 heteroatoms. The van der Waals surface area contributed by atoms with Crippen LogP contribution in [0.1, 0.15) is 26.7 Å². The second-order valence-electron chi connectivity index (χ2n) is 4.07. The normalized spacial score (nSPS) is 20.8. The molecule has 1 rings (SSSR count). The Hall–Kier alpha value is -1.11. The zero-order chi connectivity index (χ0) is 9.90. The first-order valence-corrected chi connectivity index (χ1v) is 4.59. The van der Waals surface area contributed by atoms with Crippen LogP contribution in [0, 0.1) is 5.41 Å². The highest BCUT2D eigenvalue weighted by Crippen LogP contribution is 2.33. The fourth-order valence-electron chi connectivity index (χ4n) is 1.43. The molecule has 0 saturated carbocycles. The largest absolute Gasteiger partial charge is 0.294 e. The molecule has 0 unspecified atom stereocenters. The Bertz CT molecular complexity index is 279. The minimum absolute atomic E-state index is 0.187. The van der Waals surface area contributed by atoms with Crippen molar-refractivity contribution in [2.75, 3.05) is 0 Å². The topological polar surface area (TPSA) is 17.1 Å². The maximum atomic E-state index is 11.4. The smallest absolute Gasteiger partial charge is 0.161 e. The molecule has 0 aliphatic heterocycles. The summed E-state index contributed by atoms with van der Waals surface area (Å²) in [5, 5.41) is 0. The van der Waals surface area contributed by atoms with Crippen LogP contribution in [0.5, 0.6) is 0 Å². The van der Waals surface area contributed by atoms with Gasteiger partial charge in [-0.3, -0.25) is 4.79 Å². The van der Waals surface area contributed by atoms with E-state index >= 15 is 0 Å². The van der Waals surface area contributed by atoms with Crippen LogP contribution >= 0.6 is 0 Å². The number of rotatable bonds is 3. The summed E-state index contributed by atoms with van der Waals surface area (Å²) in [6.07, 6.45) is 9.38. The molecule has 13 heavy (non-hydrogen) atoms. The Morgan fingerprint density at radius 2 is 2.31 bits per heavy atom. The lowest BCUT2D eigenvalue weighted by Crippen LogP contribution is -2.16. The third-order valence-corrected chi connectivity index (χ3v) is 2.26. The van der Waals surface area contributed by atoms with Gasteiger partial charge in [-0.25, -0.2) is 0 Å². The molecule has 1 aliphatic rings. The lowest BCUT2D eigenvalue weighted by atomic mass is 9.88. The van der Waals surface area contributed by atoms with E-state index in [-0.39, 0.29) is 11.2 Å². The van der Waals surface area contributed by atoms with E-state index in [9.17, 15) is 4.79 Å². The van der Waals surface area contributed by atoms with Gasteiger partial charge in [-0.15, -0.1) is 6.58 Å². The Morgan fingerprint density at radius 3 is 2.77 bits per heavy atom. The standard InChI is InChI=1S/C12H16O/c1-4-5-6-7-10-8-11(13)12(2,3)9-10/h4,6-8H,1,5,9H2,2-3H3/b7-6+. The molecular formula is C12H16O. The van der Waals surface area contributed by atoms with Gasteiger partial charge in [0.15, 0.2) is 5.78 Å². The fourth-order valence-corrected chi connectivity index (χ4v) is 1.43. The van der Waals surface area contributed by atoms with E-state index in [4.69, 9.17) is 0 Å². The predicted molar refractivity (Wildman–Crippen MR) is 55.4 cm³/mol. The highest BCUT2D eigenvalue weighted by molar-refractivity contribution is 5.98. The zero-order valence-corrected chi connectivity index (χ0v) is 8.34. The van der Waals surface area contributed by atoms with Gasteiger partial charge in [-0.2, -0.15) is 0 Å². The van der Waals surface area contributed by atoms with Crippen LogP contribution in [0.25, 0.3) is 0 Å². The van der Waals surface area contributed by atoms with E-state index < -0.39 is 0 Å². The van der Waals surface area contributed by atoms with Crippen LogP contribution in [0.15, 0.2) is 36.5 Å². The lowest BCUT2D eigenvalue weighted by molar-refractivity contribution is -0.121. The molecular weight excluding hydrogens is 160 g/mol. The number of ketones is 1. The number of hydrogen-bond acceptors (Lipinski definition) is 1. The van der Waals surface area contributed by atoms with Crippen molar-refractivity contribution in [3.05, 3.63) is 36.5 Å². The second kappa shape index (κ2) is 3.73. The molecule has 0 amide bonds. The molecule has 0 fully saturated rings. The summed E-state index contributed by atoms with van der Waals surface area (Å²) < 4.78 is 0. The maximum absolute atomic E-state index is 11.4. The summed E-state index contributed by atoms with van der Waals surface area (Å²) in [5.41, 5.74) is 0.949. The van der Waals surface area contributed by atoms with E-state index in [1.165, 1.54) is 0 Å². The van der Waals surface area contributed by atoms with Crippen molar-refractivity contribution >= 4 is 5.78 Å². The average molecular weight is 176 g/mol. The van der Waals surface area contributed by atoms with E-state index in [0.717, 1.165) is 18.4 Å². The summed E-state index contributed by atoms with van der Waals surface area (Å²) in [5.74, 6) is 0.241. The van der Waals surface area contributed by atoms with Gasteiger partial charge in [-0.05, 0) is 24.5 Å². The molecule has 0 aromatic carbocycles. The van der Waals surface area contributed by atoms with Crippen molar-refractivity contribution in [1.29, 1.82) is 0 Å². The van der Waals surface area contributed by atoms with E-state index in [1.807, 2.05) is 32.1 Å². The highest BCUT2D eigenvalue weighted by atomic mass is 16.1. The number of hydrogen-bond donors (Lipinski definition) is 0. The van der Waals surface area contributed by atoms with E-state index in [2.05, 4.69) is 6.58 Å². The van der Waals surface area contributed by atoms with Crippen LogP contribution in [-0.2, 0) is 4.79 Å². The summed E-state index contributed by atoms with van der Waals surface area (Å²) in [7, 11) is 0. The quantitative estimate of drug-likeness (QED) is 0.604. The third kappa shape index (κ3) is 2.41. The van der Waals surface area contributed by atoms with Crippen LogP contribution in [0.2, 0.25) is 0 Å². The molecule has 0 saturated heterocycles. The van der Waals surface area contributed by atoms with Gasteiger partial charge in [0.2, 0.25) is 0 Å². The molecule has 0 heterocycles. The van der Waals surface area contributed by atoms with Crippen LogP contribution in [0.3, 0.4) is 0 Å². The first-order valence-electron chi connectivity index (χ1n) is 4.59. The van der Waals surface area contributed by atoms with Crippen LogP contribution in [-0.4, -0.2) is 5.78 Å². The summed E-state index contributed by atoms with van der Waals surface area (Å²) >= 11 is 0. The highest BCUT2D eigenvalue weighted by Gasteiger charge is 2.31. The SMILES string of the molecule is C=CC/C=C/C1=CC(=O)C(C)(C)C1. The Labute approximate surface area is 79.8 Å².